The number of hydrogen-bond acceptors (Lipinski definition) is 3. The molecule has 0 saturated carbocycles. The van der Waals surface area contributed by atoms with Gasteiger partial charge in [-0.3, -0.25) is 4.68 Å². The average molecular weight is 211 g/mol. The molecule has 2 atom stereocenters. The highest BCUT2D eigenvalue weighted by atomic mass is 16.3. The van der Waals surface area contributed by atoms with Crippen LogP contribution >= 0.6 is 0 Å². The number of aromatic nitrogens is 2. The largest absolute Gasteiger partial charge is 0.385 e. The summed E-state index contributed by atoms with van der Waals surface area (Å²) in [6.45, 7) is 7.70. The molecule has 0 saturated heterocycles. The van der Waals surface area contributed by atoms with Gasteiger partial charge in [0.25, 0.3) is 0 Å². The van der Waals surface area contributed by atoms with Gasteiger partial charge in [-0.2, -0.15) is 5.10 Å². The van der Waals surface area contributed by atoms with Gasteiger partial charge in [-0.05, 0) is 26.0 Å². The van der Waals surface area contributed by atoms with Crippen molar-refractivity contribution in [2.24, 2.45) is 0 Å². The van der Waals surface area contributed by atoms with Gasteiger partial charge in [0, 0.05) is 18.8 Å². The van der Waals surface area contributed by atoms with Gasteiger partial charge in [-0.15, -0.1) is 0 Å². The fourth-order valence-electron chi connectivity index (χ4n) is 1.52. The van der Waals surface area contributed by atoms with Gasteiger partial charge in [-0.25, -0.2) is 0 Å². The Kier molecular flexibility index (Phi) is 4.78. The summed E-state index contributed by atoms with van der Waals surface area (Å²) < 4.78 is 1.90. The summed E-state index contributed by atoms with van der Waals surface area (Å²) in [4.78, 5) is 0. The van der Waals surface area contributed by atoms with Crippen molar-refractivity contribution >= 4 is 0 Å². The van der Waals surface area contributed by atoms with Crippen molar-refractivity contribution in [2.45, 2.75) is 39.3 Å². The van der Waals surface area contributed by atoms with E-state index in [4.69, 9.17) is 0 Å². The Bertz CT molecular complexity index is 285. The summed E-state index contributed by atoms with van der Waals surface area (Å²) in [6, 6.07) is 2.22. The van der Waals surface area contributed by atoms with Crippen LogP contribution in [-0.4, -0.2) is 28.0 Å². The van der Waals surface area contributed by atoms with Crippen LogP contribution in [0.3, 0.4) is 0 Å². The lowest BCUT2D eigenvalue weighted by Crippen LogP contribution is -2.23. The van der Waals surface area contributed by atoms with Crippen LogP contribution in [0.5, 0.6) is 0 Å². The molecule has 0 aliphatic rings. The van der Waals surface area contributed by atoms with Crippen molar-refractivity contribution in [1.29, 1.82) is 0 Å². The predicted octanol–water partition coefficient (Wildman–Crippen LogP) is 1.50. The Morgan fingerprint density at radius 1 is 1.53 bits per heavy atom. The minimum atomic E-state index is -0.471. The van der Waals surface area contributed by atoms with E-state index in [2.05, 4.69) is 24.3 Å². The molecule has 0 aromatic carbocycles. The molecule has 0 spiro atoms. The van der Waals surface area contributed by atoms with Crippen LogP contribution < -0.4 is 5.32 Å². The zero-order valence-corrected chi connectivity index (χ0v) is 9.77. The van der Waals surface area contributed by atoms with E-state index in [0.717, 1.165) is 18.7 Å². The highest BCUT2D eigenvalue weighted by Crippen LogP contribution is 2.17. The first-order valence-electron chi connectivity index (χ1n) is 5.62. The van der Waals surface area contributed by atoms with Crippen LogP contribution in [0.25, 0.3) is 0 Å². The number of aliphatic hydroxyl groups excluding tert-OH is 1. The number of likely N-dealkylation sites (N-methyl/N-ethyl adjacent to an activating group) is 1. The van der Waals surface area contributed by atoms with Crippen molar-refractivity contribution in [3.63, 3.8) is 0 Å². The molecule has 86 valence electrons. The summed E-state index contributed by atoms with van der Waals surface area (Å²) >= 11 is 0. The van der Waals surface area contributed by atoms with E-state index in [1.54, 1.807) is 6.20 Å². The molecule has 0 fully saturated rings. The minimum absolute atomic E-state index is 0.339. The Balaban J connectivity index is 2.71. The van der Waals surface area contributed by atoms with E-state index in [9.17, 15) is 5.11 Å². The van der Waals surface area contributed by atoms with Crippen molar-refractivity contribution in [3.05, 3.63) is 18.0 Å². The fraction of sp³-hybridized carbons (Fsp3) is 0.727. The van der Waals surface area contributed by atoms with Gasteiger partial charge in [-0.1, -0.05) is 13.8 Å². The molecule has 1 aromatic heterocycles. The van der Waals surface area contributed by atoms with Crippen LogP contribution in [-0.2, 0) is 0 Å². The maximum atomic E-state index is 9.94. The van der Waals surface area contributed by atoms with Gasteiger partial charge in [0.2, 0.25) is 0 Å². The summed E-state index contributed by atoms with van der Waals surface area (Å²) in [6.07, 6.45) is 2.29. The third-order valence-electron chi connectivity index (χ3n) is 2.64. The van der Waals surface area contributed by atoms with Crippen LogP contribution in [0, 0.1) is 0 Å². The maximum absolute atomic E-state index is 9.94. The lowest BCUT2D eigenvalue weighted by Gasteiger charge is -2.17. The van der Waals surface area contributed by atoms with Gasteiger partial charge in [0.15, 0.2) is 0 Å². The molecule has 1 rings (SSSR count). The molecule has 4 nitrogen and oxygen atoms in total. The van der Waals surface area contributed by atoms with Crippen LogP contribution in [0.2, 0.25) is 0 Å². The second-order valence-corrected chi connectivity index (χ2v) is 3.78. The molecule has 1 heterocycles. The first-order chi connectivity index (χ1) is 7.20. The molecular weight excluding hydrogens is 190 g/mol. The van der Waals surface area contributed by atoms with E-state index in [1.165, 1.54) is 0 Å². The predicted molar refractivity (Wildman–Crippen MR) is 60.7 cm³/mol. The Morgan fingerprint density at radius 2 is 2.27 bits per heavy atom. The fourth-order valence-corrected chi connectivity index (χ4v) is 1.52. The van der Waals surface area contributed by atoms with Crippen LogP contribution in [0.15, 0.2) is 12.3 Å². The van der Waals surface area contributed by atoms with E-state index in [1.807, 2.05) is 17.7 Å². The normalized spacial score (nSPS) is 15.2. The summed E-state index contributed by atoms with van der Waals surface area (Å²) in [5.41, 5.74) is 0.894. The van der Waals surface area contributed by atoms with Gasteiger partial charge in [0.1, 0.15) is 6.10 Å². The number of nitrogens with one attached hydrogen (secondary N) is 1. The summed E-state index contributed by atoms with van der Waals surface area (Å²) in [7, 11) is 0. The zero-order chi connectivity index (χ0) is 11.3. The Hall–Kier alpha value is -0.870. The van der Waals surface area contributed by atoms with Crippen molar-refractivity contribution in [2.75, 3.05) is 13.1 Å². The SMILES string of the molecule is CCNCC(O)c1ccnn1C(C)CC. The third kappa shape index (κ3) is 3.04. The number of rotatable bonds is 6. The lowest BCUT2D eigenvalue weighted by atomic mass is 10.2. The van der Waals surface area contributed by atoms with Gasteiger partial charge in [0.05, 0.1) is 5.69 Å². The maximum Gasteiger partial charge on any atom is 0.108 e. The second kappa shape index (κ2) is 5.88. The minimum Gasteiger partial charge on any atom is -0.385 e. The highest BCUT2D eigenvalue weighted by Gasteiger charge is 2.15. The molecule has 0 aliphatic carbocycles. The average Bonchev–Trinajstić information content (AvgIpc) is 2.73. The van der Waals surface area contributed by atoms with E-state index in [0.29, 0.717) is 12.6 Å². The molecule has 15 heavy (non-hydrogen) atoms. The first-order valence-corrected chi connectivity index (χ1v) is 5.62. The Labute approximate surface area is 91.3 Å². The zero-order valence-electron chi connectivity index (χ0n) is 9.77. The van der Waals surface area contributed by atoms with E-state index >= 15 is 0 Å². The highest BCUT2D eigenvalue weighted by molar-refractivity contribution is 5.06. The molecule has 1 aromatic rings. The molecular formula is C11H21N3O. The van der Waals surface area contributed by atoms with Crippen molar-refractivity contribution in [3.8, 4) is 0 Å². The molecule has 4 heteroatoms. The third-order valence-corrected chi connectivity index (χ3v) is 2.64. The summed E-state index contributed by atoms with van der Waals surface area (Å²) in [5.74, 6) is 0. The molecule has 0 amide bonds. The monoisotopic (exact) mass is 211 g/mol. The number of aliphatic hydroxyl groups is 1. The molecule has 0 aliphatic heterocycles. The van der Waals surface area contributed by atoms with Crippen molar-refractivity contribution in [1.82, 2.24) is 15.1 Å². The van der Waals surface area contributed by atoms with E-state index < -0.39 is 6.10 Å². The summed E-state index contributed by atoms with van der Waals surface area (Å²) in [5, 5.41) is 17.3. The van der Waals surface area contributed by atoms with Gasteiger partial charge < -0.3 is 10.4 Å². The quantitative estimate of drug-likeness (QED) is 0.749. The first kappa shape index (κ1) is 12.2. The molecule has 2 unspecified atom stereocenters. The topological polar surface area (TPSA) is 50.1 Å². The molecule has 2 N–H and O–H groups in total. The van der Waals surface area contributed by atoms with Crippen LogP contribution in [0.1, 0.15) is 45.0 Å². The van der Waals surface area contributed by atoms with Gasteiger partial charge >= 0.3 is 0 Å². The molecule has 0 bridgehead atoms. The lowest BCUT2D eigenvalue weighted by molar-refractivity contribution is 0.161. The smallest absolute Gasteiger partial charge is 0.108 e. The second-order valence-electron chi connectivity index (χ2n) is 3.78. The number of hydrogen-bond donors (Lipinski definition) is 2. The van der Waals surface area contributed by atoms with Crippen molar-refractivity contribution < 1.29 is 5.11 Å². The Morgan fingerprint density at radius 3 is 2.87 bits per heavy atom. The molecule has 0 radical (unpaired) electrons. The van der Waals surface area contributed by atoms with Crippen LogP contribution in [0.4, 0.5) is 0 Å². The van der Waals surface area contributed by atoms with E-state index in [-0.39, 0.29) is 0 Å². The standard InChI is InChI=1S/C11H21N3O/c1-4-9(3)14-10(6-7-13-14)11(15)8-12-5-2/h6-7,9,11-12,15H,4-5,8H2,1-3H3. The number of nitrogens with zero attached hydrogens (tertiary/aromatic N) is 2.